The molecule has 67 heavy (non-hydrogen) atoms. The maximum absolute atomic E-state index is 15.1. The molecule has 0 spiro atoms. The lowest BCUT2D eigenvalue weighted by molar-refractivity contribution is -0.387. The van der Waals surface area contributed by atoms with E-state index >= 15 is 4.79 Å². The molecule has 5 atom stereocenters. The fourth-order valence-electron chi connectivity index (χ4n) is 7.92. The van der Waals surface area contributed by atoms with E-state index in [0.29, 0.717) is 45.2 Å². The largest absolute Gasteiger partial charge is 0.497 e. The highest BCUT2D eigenvalue weighted by atomic mass is 32.2. The maximum atomic E-state index is 15.1. The van der Waals surface area contributed by atoms with Crippen LogP contribution in [0.15, 0.2) is 96.4 Å². The van der Waals surface area contributed by atoms with Crippen molar-refractivity contribution in [3.05, 3.63) is 102 Å². The minimum Gasteiger partial charge on any atom is -0.497 e. The first-order valence-electron chi connectivity index (χ1n) is 21.3. The number of likely N-dealkylation sites (N-methyl/N-ethyl adjacent to an activating group) is 1. The summed E-state index contributed by atoms with van der Waals surface area (Å²) in [6.45, 7) is 7.32. The molecule has 0 radical (unpaired) electrons. The van der Waals surface area contributed by atoms with Gasteiger partial charge in [0, 0.05) is 55.1 Å². The fraction of sp³-hybridized carbons (Fsp3) is 0.400. The fourth-order valence-corrected chi connectivity index (χ4v) is 10.6. The number of benzene rings is 3. The van der Waals surface area contributed by atoms with Gasteiger partial charge in [0.05, 0.1) is 35.0 Å². The van der Waals surface area contributed by atoms with Gasteiger partial charge in [-0.15, -0.1) is 6.58 Å². The lowest BCUT2D eigenvalue weighted by atomic mass is 10.1. The average Bonchev–Trinajstić information content (AvgIpc) is 4.22. The van der Waals surface area contributed by atoms with E-state index in [2.05, 4.69) is 21.9 Å². The third-order valence-corrected chi connectivity index (χ3v) is 15.3. The number of nitro benzene ring substituents is 1. The number of hydrogen-bond donors (Lipinski definition) is 3. The van der Waals surface area contributed by atoms with Crippen LogP contribution < -0.4 is 24.8 Å². The summed E-state index contributed by atoms with van der Waals surface area (Å²) in [5.74, 6) is -2.68. The van der Waals surface area contributed by atoms with Crippen LogP contribution in [0, 0.1) is 16.0 Å². The second-order valence-electron chi connectivity index (χ2n) is 17.6. The number of hydrogen-bond acceptors (Lipinski definition) is 14. The molecule has 3 aromatic carbocycles. The quantitative estimate of drug-likeness (QED) is 0.0767. The summed E-state index contributed by atoms with van der Waals surface area (Å²) in [7, 11) is -6.18. The SMILES string of the molecule is C=C[C@@H]1C[C@]1(NC(=O)[C@@H]1CC(Oc2cc(-c3ccccc3)nc3cc(OC)ccc23)CN1C(=O)[C@H](CN(C)S(=O)(=O)c1ccccc1[N+](=O)[O-])NC(=O)OC(C)(C)C)C(=O)NS(=O)(=O)C1CC1. The van der Waals surface area contributed by atoms with Crippen molar-refractivity contribution >= 4 is 60.5 Å². The summed E-state index contributed by atoms with van der Waals surface area (Å²) < 4.78 is 74.0. The number of amides is 4. The van der Waals surface area contributed by atoms with Crippen LogP contribution in [0.5, 0.6) is 11.5 Å². The van der Waals surface area contributed by atoms with Crippen LogP contribution in [0.4, 0.5) is 10.5 Å². The van der Waals surface area contributed by atoms with E-state index < -0.39 is 106 Å². The first kappa shape index (κ1) is 48.3. The third-order valence-electron chi connectivity index (χ3n) is 11.6. The van der Waals surface area contributed by atoms with E-state index in [4.69, 9.17) is 19.2 Å². The van der Waals surface area contributed by atoms with Gasteiger partial charge in [-0.2, -0.15) is 4.31 Å². The number of alkyl carbamates (subject to hydrolysis) is 1. The van der Waals surface area contributed by atoms with E-state index in [1.165, 1.54) is 25.3 Å². The standard InChI is InChI=1S/C45H51N7O13S2/c1-7-28-24-45(28,42(55)49-66(59,60)31-18-19-31)48-40(53)37-22-30(64-38-23-33(27-13-9-8-10-14-27)46-34-21-29(63-6)17-20-32(34)38)25-51(37)41(54)35(47-43(56)65-44(2,3)4)26-50(5)67(61,62)39-16-12-11-15-36(39)52(57)58/h7-17,20-21,23,28,30-31,35,37H,1,18-19,22,24-26H2,2-6H3,(H,47,56)(H,48,53)(H,49,55)/t28-,30?,35+,37+,45-/m1/s1. The van der Waals surface area contributed by atoms with Crippen molar-refractivity contribution in [1.29, 1.82) is 0 Å². The number of likely N-dealkylation sites (tertiary alicyclic amines) is 1. The van der Waals surface area contributed by atoms with Crippen molar-refractivity contribution in [2.45, 2.75) is 85.9 Å². The Morgan fingerprint density at radius 1 is 1.03 bits per heavy atom. The molecule has 1 saturated heterocycles. The van der Waals surface area contributed by atoms with E-state index in [1.54, 1.807) is 45.0 Å². The van der Waals surface area contributed by atoms with E-state index in [9.17, 15) is 41.3 Å². The molecule has 3 fully saturated rings. The molecule has 3 N–H and O–H groups in total. The predicted octanol–water partition coefficient (Wildman–Crippen LogP) is 4.05. The lowest BCUT2D eigenvalue weighted by Gasteiger charge is -2.31. The Hall–Kier alpha value is -6.65. The molecule has 1 unspecified atom stereocenters. The minimum absolute atomic E-state index is 0.000681. The van der Waals surface area contributed by atoms with Gasteiger partial charge in [-0.05, 0) is 58.2 Å². The summed E-state index contributed by atoms with van der Waals surface area (Å²) in [6.07, 6.45) is -0.146. The number of nitro groups is 1. The van der Waals surface area contributed by atoms with Crippen LogP contribution in [0.2, 0.25) is 0 Å². The number of nitrogens with one attached hydrogen (secondary N) is 3. The number of nitrogens with zero attached hydrogens (tertiary/aromatic N) is 4. The second-order valence-corrected chi connectivity index (χ2v) is 21.6. The molecule has 22 heteroatoms. The van der Waals surface area contributed by atoms with Crippen LogP contribution in [0.1, 0.15) is 46.5 Å². The van der Waals surface area contributed by atoms with Gasteiger partial charge in [0.1, 0.15) is 40.8 Å². The number of methoxy groups -OCH3 is 1. The maximum Gasteiger partial charge on any atom is 0.408 e. The first-order valence-corrected chi connectivity index (χ1v) is 24.3. The monoisotopic (exact) mass is 961 g/mol. The molecule has 20 nitrogen and oxygen atoms in total. The molecule has 356 valence electrons. The normalized spacial score (nSPS) is 20.9. The van der Waals surface area contributed by atoms with Crippen LogP contribution in [-0.4, -0.2) is 122 Å². The van der Waals surface area contributed by atoms with Crippen molar-refractivity contribution in [2.24, 2.45) is 5.92 Å². The Morgan fingerprint density at radius 2 is 1.72 bits per heavy atom. The summed E-state index contributed by atoms with van der Waals surface area (Å²) >= 11 is 0. The molecule has 4 aromatic rings. The van der Waals surface area contributed by atoms with Gasteiger partial charge < -0.3 is 29.7 Å². The number of carbonyl (C=O) groups is 4. The summed E-state index contributed by atoms with van der Waals surface area (Å²) in [4.78, 5) is 73.1. The van der Waals surface area contributed by atoms with Crippen molar-refractivity contribution in [2.75, 3.05) is 27.2 Å². The molecule has 2 heterocycles. The number of sulfonamides is 2. The average molecular weight is 962 g/mol. The molecule has 1 aliphatic heterocycles. The predicted molar refractivity (Wildman–Crippen MR) is 244 cm³/mol. The number of ether oxygens (including phenoxy) is 3. The van der Waals surface area contributed by atoms with Gasteiger partial charge >= 0.3 is 6.09 Å². The minimum atomic E-state index is -4.72. The lowest BCUT2D eigenvalue weighted by Crippen LogP contribution is -2.60. The zero-order valence-corrected chi connectivity index (χ0v) is 39.0. The molecule has 4 amide bonds. The number of para-hydroxylation sites is 1. The van der Waals surface area contributed by atoms with Gasteiger partial charge in [-0.3, -0.25) is 29.2 Å². The van der Waals surface area contributed by atoms with Crippen molar-refractivity contribution in [1.82, 2.24) is 29.5 Å². The number of fused-ring (bicyclic) bond motifs is 1. The van der Waals surface area contributed by atoms with Crippen LogP contribution in [0.25, 0.3) is 22.2 Å². The van der Waals surface area contributed by atoms with Gasteiger partial charge in [0.15, 0.2) is 4.90 Å². The Balaban J connectivity index is 1.26. The zero-order chi connectivity index (χ0) is 48.6. The summed E-state index contributed by atoms with van der Waals surface area (Å²) in [5.41, 5.74) is -1.78. The molecule has 7 rings (SSSR count). The van der Waals surface area contributed by atoms with Gasteiger partial charge in [0.2, 0.25) is 31.9 Å². The van der Waals surface area contributed by atoms with Crippen LogP contribution >= 0.6 is 0 Å². The second kappa shape index (κ2) is 18.6. The number of rotatable bonds is 17. The van der Waals surface area contributed by atoms with Gasteiger partial charge in [0.25, 0.3) is 11.6 Å². The third kappa shape index (κ3) is 10.5. The Morgan fingerprint density at radius 3 is 2.34 bits per heavy atom. The molecule has 0 bridgehead atoms. The highest BCUT2D eigenvalue weighted by Crippen LogP contribution is 2.46. The van der Waals surface area contributed by atoms with Crippen molar-refractivity contribution < 1.29 is 55.1 Å². The Bertz CT molecular complexity index is 2850. The zero-order valence-electron chi connectivity index (χ0n) is 37.3. The Kier molecular flexibility index (Phi) is 13.4. The number of carbonyl (C=O) groups excluding carboxylic acids is 4. The van der Waals surface area contributed by atoms with E-state index in [-0.39, 0.29) is 19.4 Å². The topological polar surface area (TPSA) is 263 Å². The highest BCUT2D eigenvalue weighted by molar-refractivity contribution is 7.91. The van der Waals surface area contributed by atoms with Crippen LogP contribution in [-0.2, 0) is 39.2 Å². The van der Waals surface area contributed by atoms with Crippen molar-refractivity contribution in [3.8, 4) is 22.8 Å². The molecular formula is C45H51N7O13S2. The van der Waals surface area contributed by atoms with Crippen molar-refractivity contribution in [3.63, 3.8) is 0 Å². The first-order chi connectivity index (χ1) is 31.6. The van der Waals surface area contributed by atoms with Gasteiger partial charge in [-0.25, -0.2) is 26.6 Å². The molecule has 1 aromatic heterocycles. The highest BCUT2D eigenvalue weighted by Gasteiger charge is 2.62. The number of aromatic nitrogens is 1. The smallest absolute Gasteiger partial charge is 0.408 e. The summed E-state index contributed by atoms with van der Waals surface area (Å²) in [5, 5.41) is 16.8. The van der Waals surface area contributed by atoms with E-state index in [0.717, 1.165) is 29.6 Å². The van der Waals surface area contributed by atoms with Crippen LogP contribution in [0.3, 0.4) is 0 Å². The van der Waals surface area contributed by atoms with Gasteiger partial charge in [-0.1, -0.05) is 48.5 Å². The van der Waals surface area contributed by atoms with E-state index in [1.807, 2.05) is 30.3 Å². The molecular weight excluding hydrogens is 911 g/mol. The molecule has 3 aliphatic rings. The molecule has 2 saturated carbocycles. The Labute approximate surface area is 387 Å². The molecule has 2 aliphatic carbocycles. The summed E-state index contributed by atoms with van der Waals surface area (Å²) in [6, 6.07) is 17.5. The number of pyridine rings is 1.